The lowest BCUT2D eigenvalue weighted by atomic mass is 9.82. The molecule has 0 atom stereocenters. The number of hydrogen-bond acceptors (Lipinski definition) is 4. The molecule has 0 radical (unpaired) electrons. The van der Waals surface area contributed by atoms with E-state index in [4.69, 9.17) is 0 Å². The highest BCUT2D eigenvalue weighted by molar-refractivity contribution is 9.10. The maximum absolute atomic E-state index is 12.2. The number of rotatable bonds is 4. The number of aromatic nitrogens is 2. The molecule has 20 heavy (non-hydrogen) atoms. The summed E-state index contributed by atoms with van der Waals surface area (Å²) in [7, 11) is 0. The van der Waals surface area contributed by atoms with Gasteiger partial charge in [-0.15, -0.1) is 0 Å². The molecule has 0 spiro atoms. The molecule has 0 aliphatic heterocycles. The monoisotopic (exact) mass is 343 g/mol. The lowest BCUT2D eigenvalue weighted by Crippen LogP contribution is -2.44. The maximum Gasteiger partial charge on any atom is 0.283 e. The summed E-state index contributed by atoms with van der Waals surface area (Å²) in [6, 6.07) is 0.0225. The fourth-order valence-corrected chi connectivity index (χ4v) is 3.12. The molecule has 1 fully saturated rings. The SMILES string of the molecule is CC(C)n1ncc(NC2(CO)CCCCC2)c(Br)c1=O. The summed E-state index contributed by atoms with van der Waals surface area (Å²) < 4.78 is 1.93. The molecule has 0 aromatic carbocycles. The van der Waals surface area contributed by atoms with E-state index in [1.165, 1.54) is 11.1 Å². The average molecular weight is 344 g/mol. The van der Waals surface area contributed by atoms with Gasteiger partial charge in [0, 0.05) is 0 Å². The molecule has 1 aromatic heterocycles. The number of nitrogens with zero attached hydrogens (tertiary/aromatic N) is 2. The van der Waals surface area contributed by atoms with Gasteiger partial charge in [-0.2, -0.15) is 5.10 Å². The van der Waals surface area contributed by atoms with Crippen LogP contribution in [0.2, 0.25) is 0 Å². The van der Waals surface area contributed by atoms with Crippen LogP contribution in [0.15, 0.2) is 15.5 Å². The Kier molecular flexibility index (Phi) is 4.86. The van der Waals surface area contributed by atoms with Crippen molar-refractivity contribution in [3.05, 3.63) is 21.0 Å². The Hall–Kier alpha value is -0.880. The van der Waals surface area contributed by atoms with Crippen molar-refractivity contribution in [1.29, 1.82) is 0 Å². The minimum Gasteiger partial charge on any atom is -0.394 e. The van der Waals surface area contributed by atoms with E-state index in [0.29, 0.717) is 10.2 Å². The van der Waals surface area contributed by atoms with Crippen molar-refractivity contribution in [3.63, 3.8) is 0 Å². The van der Waals surface area contributed by atoms with E-state index in [2.05, 4.69) is 26.3 Å². The van der Waals surface area contributed by atoms with Crippen molar-refractivity contribution >= 4 is 21.6 Å². The van der Waals surface area contributed by atoms with E-state index in [0.717, 1.165) is 25.7 Å². The van der Waals surface area contributed by atoms with E-state index in [1.54, 1.807) is 6.20 Å². The van der Waals surface area contributed by atoms with Crippen molar-refractivity contribution in [2.75, 3.05) is 11.9 Å². The van der Waals surface area contributed by atoms with Crippen molar-refractivity contribution in [2.45, 2.75) is 57.5 Å². The number of hydrogen-bond donors (Lipinski definition) is 2. The van der Waals surface area contributed by atoms with Crippen LogP contribution in [0.25, 0.3) is 0 Å². The van der Waals surface area contributed by atoms with Gasteiger partial charge in [0.1, 0.15) is 4.47 Å². The predicted octanol–water partition coefficient (Wildman–Crippen LogP) is 2.69. The zero-order valence-corrected chi connectivity index (χ0v) is 13.6. The number of halogens is 1. The molecule has 2 N–H and O–H groups in total. The summed E-state index contributed by atoms with van der Waals surface area (Å²) in [5.74, 6) is 0. The second kappa shape index (κ2) is 6.26. The molecule has 1 aromatic rings. The van der Waals surface area contributed by atoms with Crippen LogP contribution in [0.5, 0.6) is 0 Å². The molecule has 0 bridgehead atoms. The molecule has 112 valence electrons. The van der Waals surface area contributed by atoms with Crippen molar-refractivity contribution in [1.82, 2.24) is 9.78 Å². The fourth-order valence-electron chi connectivity index (χ4n) is 2.74. The van der Waals surface area contributed by atoms with Crippen LogP contribution in [-0.4, -0.2) is 27.0 Å². The molecule has 0 unspecified atom stereocenters. The minimum atomic E-state index is -0.321. The number of aliphatic hydroxyl groups excluding tert-OH is 1. The van der Waals surface area contributed by atoms with Gasteiger partial charge in [-0.3, -0.25) is 4.79 Å². The van der Waals surface area contributed by atoms with Gasteiger partial charge in [0.15, 0.2) is 0 Å². The molecule has 6 heteroatoms. The highest BCUT2D eigenvalue weighted by atomic mass is 79.9. The van der Waals surface area contributed by atoms with Gasteiger partial charge in [0.25, 0.3) is 5.56 Å². The topological polar surface area (TPSA) is 67.2 Å². The van der Waals surface area contributed by atoms with Crippen molar-refractivity contribution in [3.8, 4) is 0 Å². The first-order valence-electron chi connectivity index (χ1n) is 7.15. The Balaban J connectivity index is 2.29. The lowest BCUT2D eigenvalue weighted by Gasteiger charge is -2.37. The van der Waals surface area contributed by atoms with E-state index < -0.39 is 0 Å². The smallest absolute Gasteiger partial charge is 0.283 e. The Bertz CT molecular complexity index is 522. The maximum atomic E-state index is 12.2. The molecule has 1 aliphatic rings. The molecule has 0 amide bonds. The quantitative estimate of drug-likeness (QED) is 0.881. The van der Waals surface area contributed by atoms with Crippen LogP contribution in [0.3, 0.4) is 0 Å². The summed E-state index contributed by atoms with van der Waals surface area (Å²) in [6.07, 6.45) is 6.91. The highest BCUT2D eigenvalue weighted by Gasteiger charge is 2.32. The predicted molar refractivity (Wildman–Crippen MR) is 83.1 cm³/mol. The van der Waals surface area contributed by atoms with Crippen LogP contribution >= 0.6 is 15.9 Å². The van der Waals surface area contributed by atoms with Gasteiger partial charge in [-0.25, -0.2) is 4.68 Å². The normalized spacial score (nSPS) is 18.2. The second-order valence-corrected chi connectivity index (χ2v) is 6.63. The third-order valence-electron chi connectivity index (χ3n) is 3.95. The van der Waals surface area contributed by atoms with Crippen LogP contribution in [-0.2, 0) is 0 Å². The van der Waals surface area contributed by atoms with Gasteiger partial charge in [0.05, 0.1) is 30.1 Å². The molecule has 1 heterocycles. The van der Waals surface area contributed by atoms with Crippen LogP contribution in [0.4, 0.5) is 5.69 Å². The summed E-state index contributed by atoms with van der Waals surface area (Å²) in [4.78, 5) is 12.2. The number of aliphatic hydroxyl groups is 1. The van der Waals surface area contributed by atoms with E-state index in [-0.39, 0.29) is 23.7 Å². The summed E-state index contributed by atoms with van der Waals surface area (Å²) in [5.41, 5.74) is 0.204. The van der Waals surface area contributed by atoms with Gasteiger partial charge < -0.3 is 10.4 Å². The lowest BCUT2D eigenvalue weighted by molar-refractivity contribution is 0.172. The Morgan fingerprint density at radius 3 is 2.65 bits per heavy atom. The average Bonchev–Trinajstić information content (AvgIpc) is 2.45. The molecule has 2 rings (SSSR count). The zero-order valence-electron chi connectivity index (χ0n) is 12.0. The molecule has 5 nitrogen and oxygen atoms in total. The number of nitrogens with one attached hydrogen (secondary N) is 1. The highest BCUT2D eigenvalue weighted by Crippen LogP contribution is 2.32. The Morgan fingerprint density at radius 1 is 1.45 bits per heavy atom. The Labute approximate surface area is 127 Å². The minimum absolute atomic E-state index is 0.0225. The first-order valence-corrected chi connectivity index (χ1v) is 7.95. The summed E-state index contributed by atoms with van der Waals surface area (Å²) in [6.45, 7) is 3.92. The summed E-state index contributed by atoms with van der Waals surface area (Å²) >= 11 is 3.36. The number of anilines is 1. The fraction of sp³-hybridized carbons (Fsp3) is 0.714. The third kappa shape index (κ3) is 3.06. The standard InChI is InChI=1S/C14H22BrN3O2/c1-10(2)18-13(20)12(15)11(8-16-18)17-14(9-19)6-4-3-5-7-14/h8,10,17,19H,3-7,9H2,1-2H3. The zero-order chi connectivity index (χ0) is 14.8. The molecule has 1 aliphatic carbocycles. The largest absolute Gasteiger partial charge is 0.394 e. The first kappa shape index (κ1) is 15.5. The van der Waals surface area contributed by atoms with Gasteiger partial charge in [0.2, 0.25) is 0 Å². The second-order valence-electron chi connectivity index (χ2n) is 5.84. The van der Waals surface area contributed by atoms with Crippen molar-refractivity contribution < 1.29 is 5.11 Å². The van der Waals surface area contributed by atoms with Crippen LogP contribution < -0.4 is 10.9 Å². The van der Waals surface area contributed by atoms with E-state index in [1.807, 2.05) is 13.8 Å². The molecular formula is C14H22BrN3O2. The molecule has 0 saturated heterocycles. The summed E-state index contributed by atoms with van der Waals surface area (Å²) in [5, 5.41) is 17.3. The van der Waals surface area contributed by atoms with E-state index >= 15 is 0 Å². The third-order valence-corrected chi connectivity index (χ3v) is 4.71. The van der Waals surface area contributed by atoms with Gasteiger partial charge in [-0.05, 0) is 42.6 Å². The van der Waals surface area contributed by atoms with Crippen LogP contribution in [0.1, 0.15) is 52.0 Å². The van der Waals surface area contributed by atoms with Crippen LogP contribution in [0, 0.1) is 0 Å². The van der Waals surface area contributed by atoms with Gasteiger partial charge in [-0.1, -0.05) is 19.3 Å². The molecular weight excluding hydrogens is 322 g/mol. The Morgan fingerprint density at radius 2 is 2.10 bits per heavy atom. The van der Waals surface area contributed by atoms with Crippen molar-refractivity contribution in [2.24, 2.45) is 0 Å². The first-order chi connectivity index (χ1) is 9.49. The molecule has 1 saturated carbocycles. The van der Waals surface area contributed by atoms with Gasteiger partial charge >= 0.3 is 0 Å². The van der Waals surface area contributed by atoms with E-state index in [9.17, 15) is 9.90 Å².